The molecule has 0 bridgehead atoms. The highest BCUT2D eigenvalue weighted by molar-refractivity contribution is 6.04. The molecule has 0 aliphatic carbocycles. The van der Waals surface area contributed by atoms with Gasteiger partial charge < -0.3 is 9.15 Å². The molecule has 25 heavy (non-hydrogen) atoms. The number of carbonyl (C=O) groups is 2. The van der Waals surface area contributed by atoms with Crippen molar-refractivity contribution in [2.24, 2.45) is 0 Å². The Kier molecular flexibility index (Phi) is 5.02. The lowest BCUT2D eigenvalue weighted by molar-refractivity contribution is -0.394. The average molecular weight is 350 g/mol. The molecule has 1 aromatic carbocycles. The van der Waals surface area contributed by atoms with E-state index in [9.17, 15) is 29.8 Å². The van der Waals surface area contributed by atoms with Crippen molar-refractivity contribution in [3.8, 4) is 0 Å². The van der Waals surface area contributed by atoms with Gasteiger partial charge in [-0.05, 0) is 6.92 Å². The number of aromatic nitrogens is 1. The Morgan fingerprint density at radius 2 is 1.80 bits per heavy atom. The van der Waals surface area contributed by atoms with E-state index >= 15 is 0 Å². The van der Waals surface area contributed by atoms with Gasteiger partial charge in [0.15, 0.2) is 5.69 Å². The van der Waals surface area contributed by atoms with Crippen molar-refractivity contribution in [1.29, 1.82) is 0 Å². The van der Waals surface area contributed by atoms with Crippen LogP contribution in [0.4, 0.5) is 17.4 Å². The number of amides is 1. The smallest absolute Gasteiger partial charge is 0.360 e. The number of benzene rings is 1. The van der Waals surface area contributed by atoms with Gasteiger partial charge in [-0.1, -0.05) is 0 Å². The van der Waals surface area contributed by atoms with Gasteiger partial charge in [-0.3, -0.25) is 30.3 Å². The zero-order valence-corrected chi connectivity index (χ0v) is 12.6. The fourth-order valence-electron chi connectivity index (χ4n) is 1.74. The first-order chi connectivity index (χ1) is 11.8. The third-order valence-corrected chi connectivity index (χ3v) is 2.80. The molecule has 0 radical (unpaired) electrons. The average Bonchev–Trinajstić information content (AvgIpc) is 3.03. The van der Waals surface area contributed by atoms with Gasteiger partial charge in [0.2, 0.25) is 0 Å². The Labute approximate surface area is 138 Å². The van der Waals surface area contributed by atoms with Gasteiger partial charge in [0.25, 0.3) is 17.3 Å². The lowest BCUT2D eigenvalue weighted by Crippen LogP contribution is -2.13. The number of anilines is 1. The van der Waals surface area contributed by atoms with Crippen molar-refractivity contribution in [3.05, 3.63) is 55.9 Å². The maximum Gasteiger partial charge on any atom is 0.360 e. The monoisotopic (exact) mass is 350 g/mol. The Morgan fingerprint density at radius 3 is 2.32 bits per heavy atom. The van der Waals surface area contributed by atoms with Crippen molar-refractivity contribution in [1.82, 2.24) is 4.98 Å². The molecule has 0 atom stereocenters. The zero-order valence-electron chi connectivity index (χ0n) is 12.6. The molecule has 12 heteroatoms. The molecule has 0 aliphatic rings. The summed E-state index contributed by atoms with van der Waals surface area (Å²) >= 11 is 0. The molecule has 1 amide bonds. The molecular weight excluding hydrogens is 340 g/mol. The molecule has 130 valence electrons. The summed E-state index contributed by atoms with van der Waals surface area (Å²) in [7, 11) is 0. The predicted octanol–water partition coefficient (Wildman–Crippen LogP) is 1.92. The van der Waals surface area contributed by atoms with E-state index in [4.69, 9.17) is 9.15 Å². The minimum Gasteiger partial charge on any atom is -0.461 e. The summed E-state index contributed by atoms with van der Waals surface area (Å²) in [5.74, 6) is -1.71. The van der Waals surface area contributed by atoms with Gasteiger partial charge in [-0.25, -0.2) is 4.79 Å². The van der Waals surface area contributed by atoms with Gasteiger partial charge in [0.05, 0.1) is 28.1 Å². The second kappa shape index (κ2) is 7.16. The highest BCUT2D eigenvalue weighted by atomic mass is 16.6. The van der Waals surface area contributed by atoms with Crippen LogP contribution in [0.15, 0.2) is 28.9 Å². The molecule has 12 nitrogen and oxygen atoms in total. The molecule has 0 spiro atoms. The Hall–Kier alpha value is -3.83. The third kappa shape index (κ3) is 4.13. The first kappa shape index (κ1) is 17.5. The highest BCUT2D eigenvalue weighted by Gasteiger charge is 2.21. The summed E-state index contributed by atoms with van der Waals surface area (Å²) in [5, 5.41) is 23.8. The molecule has 0 aliphatic heterocycles. The quantitative estimate of drug-likeness (QED) is 0.464. The maximum absolute atomic E-state index is 12.1. The van der Waals surface area contributed by atoms with E-state index < -0.39 is 33.1 Å². The summed E-state index contributed by atoms with van der Waals surface area (Å²) in [4.78, 5) is 47.1. The van der Waals surface area contributed by atoms with Crippen molar-refractivity contribution < 1.29 is 28.6 Å². The maximum atomic E-state index is 12.1. The van der Waals surface area contributed by atoms with Crippen LogP contribution in [-0.4, -0.2) is 33.3 Å². The van der Waals surface area contributed by atoms with Gasteiger partial charge in [0.1, 0.15) is 6.26 Å². The first-order valence-electron chi connectivity index (χ1n) is 6.69. The van der Waals surface area contributed by atoms with Crippen LogP contribution in [-0.2, 0) is 4.74 Å². The van der Waals surface area contributed by atoms with Crippen LogP contribution in [0.3, 0.4) is 0 Å². The molecule has 2 rings (SSSR count). The third-order valence-electron chi connectivity index (χ3n) is 2.80. The van der Waals surface area contributed by atoms with Crippen LogP contribution in [0.25, 0.3) is 0 Å². The molecule has 1 N–H and O–H groups in total. The molecule has 0 unspecified atom stereocenters. The fraction of sp³-hybridized carbons (Fsp3) is 0.154. The fourth-order valence-corrected chi connectivity index (χ4v) is 1.74. The number of nitro benzene ring substituents is 2. The Balaban J connectivity index is 2.25. The minimum atomic E-state index is -0.941. The molecule has 0 saturated heterocycles. The molecule has 0 fully saturated rings. The van der Waals surface area contributed by atoms with Crippen molar-refractivity contribution >= 4 is 29.3 Å². The van der Waals surface area contributed by atoms with E-state index in [1.807, 2.05) is 0 Å². The van der Waals surface area contributed by atoms with Crippen LogP contribution < -0.4 is 5.32 Å². The molecule has 1 aromatic heterocycles. The van der Waals surface area contributed by atoms with E-state index in [0.717, 1.165) is 24.5 Å². The normalized spacial score (nSPS) is 10.1. The lowest BCUT2D eigenvalue weighted by Gasteiger charge is -2.01. The topological polar surface area (TPSA) is 168 Å². The second-order valence-electron chi connectivity index (χ2n) is 4.46. The predicted molar refractivity (Wildman–Crippen MR) is 80.2 cm³/mol. The van der Waals surface area contributed by atoms with Crippen molar-refractivity contribution in [2.45, 2.75) is 6.92 Å². The molecular formula is C13H10N4O8. The number of nitrogens with zero attached hydrogens (tertiary/aromatic N) is 3. The number of carbonyl (C=O) groups excluding carboxylic acids is 2. The largest absolute Gasteiger partial charge is 0.461 e. The van der Waals surface area contributed by atoms with Crippen LogP contribution in [0.5, 0.6) is 0 Å². The van der Waals surface area contributed by atoms with Gasteiger partial charge in [-0.15, -0.1) is 0 Å². The SMILES string of the molecule is CCOC(=O)c1coc(NC(=O)c2cc([N+](=O)[O-])cc([N+](=O)[O-])c2)n1. The van der Waals surface area contributed by atoms with E-state index in [1.165, 1.54) is 0 Å². The van der Waals surface area contributed by atoms with Gasteiger partial charge >= 0.3 is 12.0 Å². The molecule has 2 aromatic rings. The van der Waals surface area contributed by atoms with E-state index in [0.29, 0.717) is 0 Å². The number of non-ortho nitro benzene ring substituents is 2. The number of nitro groups is 2. The summed E-state index contributed by atoms with van der Waals surface area (Å²) in [6.07, 6.45) is 0.948. The minimum absolute atomic E-state index is 0.116. The number of esters is 1. The Morgan fingerprint density at radius 1 is 1.20 bits per heavy atom. The number of rotatable bonds is 6. The summed E-state index contributed by atoms with van der Waals surface area (Å²) in [6.45, 7) is 1.71. The lowest BCUT2D eigenvalue weighted by atomic mass is 10.1. The number of oxazole rings is 1. The van der Waals surface area contributed by atoms with Crippen molar-refractivity contribution in [2.75, 3.05) is 11.9 Å². The van der Waals surface area contributed by atoms with Gasteiger partial charge in [-0.2, -0.15) is 4.98 Å². The second-order valence-corrected chi connectivity index (χ2v) is 4.46. The van der Waals surface area contributed by atoms with Crippen molar-refractivity contribution in [3.63, 3.8) is 0 Å². The highest BCUT2D eigenvalue weighted by Crippen LogP contribution is 2.23. The number of ether oxygens (including phenoxy) is 1. The van der Waals surface area contributed by atoms with E-state index in [-0.39, 0.29) is 23.9 Å². The Bertz CT molecular complexity index is 827. The number of hydrogen-bond acceptors (Lipinski definition) is 9. The van der Waals surface area contributed by atoms with E-state index in [1.54, 1.807) is 6.92 Å². The standard InChI is InChI=1S/C13H10N4O8/c1-2-24-12(19)10-6-25-13(14-10)15-11(18)7-3-8(16(20)21)5-9(4-7)17(22)23/h3-6H,2H2,1H3,(H,14,15,18). The first-order valence-corrected chi connectivity index (χ1v) is 6.69. The van der Waals surface area contributed by atoms with Crippen LogP contribution in [0.2, 0.25) is 0 Å². The van der Waals surface area contributed by atoms with Crippen LogP contribution in [0.1, 0.15) is 27.8 Å². The summed E-state index contributed by atoms with van der Waals surface area (Å²) in [6, 6.07) is 2.07. The van der Waals surface area contributed by atoms with Gasteiger partial charge in [0, 0.05) is 12.1 Å². The number of nitrogens with one attached hydrogen (secondary N) is 1. The zero-order chi connectivity index (χ0) is 18.6. The molecule has 0 saturated carbocycles. The summed E-state index contributed by atoms with van der Waals surface area (Å²) in [5.41, 5.74) is -1.79. The summed E-state index contributed by atoms with van der Waals surface area (Å²) < 4.78 is 9.56. The number of hydrogen-bond donors (Lipinski definition) is 1. The van der Waals surface area contributed by atoms with E-state index in [2.05, 4.69) is 10.3 Å². The molecule has 1 heterocycles. The van der Waals surface area contributed by atoms with Crippen LogP contribution >= 0.6 is 0 Å². The van der Waals surface area contributed by atoms with Crippen LogP contribution in [0, 0.1) is 20.2 Å².